The monoisotopic (exact) mass is 408 g/mol. The number of pyridine rings is 1. The summed E-state index contributed by atoms with van der Waals surface area (Å²) in [5.41, 5.74) is 6.82. The molecule has 0 bridgehead atoms. The number of aromatic nitrogens is 1. The van der Waals surface area contributed by atoms with Crippen LogP contribution in [0.1, 0.15) is 35.6 Å². The average Bonchev–Trinajstić information content (AvgIpc) is 3.15. The van der Waals surface area contributed by atoms with Gasteiger partial charge in [-0.25, -0.2) is 4.98 Å². The van der Waals surface area contributed by atoms with Gasteiger partial charge in [0.15, 0.2) is 0 Å². The number of aryl methyl sites for hydroxylation is 2. The first-order valence-electron chi connectivity index (χ1n) is 10.1. The second-order valence-electron chi connectivity index (χ2n) is 7.65. The Morgan fingerprint density at radius 3 is 2.77 bits per heavy atom. The van der Waals surface area contributed by atoms with Gasteiger partial charge in [-0.3, -0.25) is 14.5 Å². The van der Waals surface area contributed by atoms with Crippen molar-refractivity contribution in [3.63, 3.8) is 0 Å². The van der Waals surface area contributed by atoms with Crippen molar-refractivity contribution < 1.29 is 14.4 Å². The molecule has 0 unspecified atom stereocenters. The summed E-state index contributed by atoms with van der Waals surface area (Å²) in [4.78, 5) is 33.5. The highest BCUT2D eigenvalue weighted by atomic mass is 16.7. The van der Waals surface area contributed by atoms with Crippen molar-refractivity contribution in [2.24, 2.45) is 0 Å². The van der Waals surface area contributed by atoms with Crippen molar-refractivity contribution in [2.45, 2.75) is 39.8 Å². The molecule has 30 heavy (non-hydrogen) atoms. The topological polar surface area (TPSA) is 83.6 Å². The molecule has 2 heterocycles. The lowest BCUT2D eigenvalue weighted by Gasteiger charge is -2.17. The number of hydroxylamine groups is 1. The third-order valence-corrected chi connectivity index (χ3v) is 5.11. The number of hydrogen-bond donors (Lipinski definition) is 2. The van der Waals surface area contributed by atoms with E-state index >= 15 is 0 Å². The lowest BCUT2D eigenvalue weighted by atomic mass is 10.1. The summed E-state index contributed by atoms with van der Waals surface area (Å²) < 4.78 is 0. The largest absolute Gasteiger partial charge is 0.366 e. The molecule has 2 aromatic rings. The van der Waals surface area contributed by atoms with Crippen LogP contribution in [0.5, 0.6) is 0 Å². The van der Waals surface area contributed by atoms with E-state index in [0.717, 1.165) is 37.4 Å². The van der Waals surface area contributed by atoms with Crippen LogP contribution in [0.25, 0.3) is 6.08 Å². The van der Waals surface area contributed by atoms with Crippen LogP contribution >= 0.6 is 0 Å². The minimum atomic E-state index is -0.576. The van der Waals surface area contributed by atoms with E-state index in [0.29, 0.717) is 6.04 Å². The molecule has 0 radical (unpaired) electrons. The zero-order valence-electron chi connectivity index (χ0n) is 17.6. The molecule has 0 saturated carbocycles. The summed E-state index contributed by atoms with van der Waals surface area (Å²) in [6.45, 7) is 8.51. The van der Waals surface area contributed by atoms with E-state index in [9.17, 15) is 9.59 Å². The molecule has 2 N–H and O–H groups in total. The molecule has 1 amide bonds. The minimum Gasteiger partial charge on any atom is -0.366 e. The molecule has 1 aromatic heterocycles. The lowest BCUT2D eigenvalue weighted by Crippen LogP contribution is -2.26. The lowest BCUT2D eigenvalue weighted by molar-refractivity contribution is -0.154. The molecule has 1 aromatic carbocycles. The van der Waals surface area contributed by atoms with E-state index in [1.807, 2.05) is 17.6 Å². The Labute approximate surface area is 177 Å². The second-order valence-corrected chi connectivity index (χ2v) is 7.65. The van der Waals surface area contributed by atoms with Gasteiger partial charge in [-0.05, 0) is 60.7 Å². The van der Waals surface area contributed by atoms with E-state index < -0.39 is 11.9 Å². The molecule has 0 spiro atoms. The first kappa shape index (κ1) is 21.5. The van der Waals surface area contributed by atoms with Crippen LogP contribution in [0.2, 0.25) is 0 Å². The van der Waals surface area contributed by atoms with Crippen LogP contribution in [0.4, 0.5) is 5.82 Å². The summed E-state index contributed by atoms with van der Waals surface area (Å²) in [5, 5.41) is 3.49. The third-order valence-electron chi connectivity index (χ3n) is 5.11. The van der Waals surface area contributed by atoms with Gasteiger partial charge in [-0.15, -0.1) is 0 Å². The maximum Gasteiger partial charge on any atom is 0.329 e. The first-order valence-corrected chi connectivity index (χ1v) is 10.1. The van der Waals surface area contributed by atoms with Gasteiger partial charge in [0.1, 0.15) is 5.82 Å². The molecular formula is C23H28N4O3. The Kier molecular flexibility index (Phi) is 7.19. The van der Waals surface area contributed by atoms with Gasteiger partial charge in [-0.1, -0.05) is 18.2 Å². The predicted octanol–water partition coefficient (Wildman–Crippen LogP) is 2.99. The maximum absolute atomic E-state index is 11.5. The normalized spacial score (nSPS) is 16.6. The van der Waals surface area contributed by atoms with Crippen LogP contribution in [-0.4, -0.2) is 40.9 Å². The molecule has 3 rings (SSSR count). The molecule has 158 valence electrons. The number of carbonyl (C=O) groups is 2. The summed E-state index contributed by atoms with van der Waals surface area (Å²) in [7, 11) is 0. The fraction of sp³-hybridized carbons (Fsp3) is 0.348. The second kappa shape index (κ2) is 10.0. The van der Waals surface area contributed by atoms with Gasteiger partial charge in [0, 0.05) is 44.9 Å². The quantitative estimate of drug-likeness (QED) is 0.565. The first-order chi connectivity index (χ1) is 14.4. The Morgan fingerprint density at radius 2 is 2.07 bits per heavy atom. The molecule has 7 heteroatoms. The fourth-order valence-corrected chi connectivity index (χ4v) is 3.38. The number of rotatable bonds is 6. The SMILES string of the molecule is CC(=O)ONC(=O)/C=C/c1ccc(N[C@@H]2CCN(Cc3ccc(C)c(C)c3)C2)nc1. The Morgan fingerprint density at radius 1 is 1.23 bits per heavy atom. The molecule has 1 aliphatic heterocycles. The summed E-state index contributed by atoms with van der Waals surface area (Å²) in [5.74, 6) is -0.273. The number of nitrogens with zero attached hydrogens (tertiary/aromatic N) is 2. The Balaban J connectivity index is 1.47. The zero-order chi connectivity index (χ0) is 21.5. The van der Waals surface area contributed by atoms with Gasteiger partial charge in [0.2, 0.25) is 0 Å². The fourth-order valence-electron chi connectivity index (χ4n) is 3.38. The number of carbonyl (C=O) groups excluding carboxylic acids is 2. The van der Waals surface area contributed by atoms with Crippen molar-refractivity contribution in [1.82, 2.24) is 15.4 Å². The van der Waals surface area contributed by atoms with Crippen LogP contribution < -0.4 is 10.8 Å². The van der Waals surface area contributed by atoms with Crippen LogP contribution in [0.3, 0.4) is 0 Å². The number of hydrogen-bond acceptors (Lipinski definition) is 6. The molecule has 1 fully saturated rings. The van der Waals surface area contributed by atoms with Gasteiger partial charge >= 0.3 is 5.97 Å². The number of likely N-dealkylation sites (tertiary alicyclic amines) is 1. The van der Waals surface area contributed by atoms with E-state index in [-0.39, 0.29) is 0 Å². The smallest absolute Gasteiger partial charge is 0.329 e. The van der Waals surface area contributed by atoms with Gasteiger partial charge in [-0.2, -0.15) is 5.48 Å². The van der Waals surface area contributed by atoms with Crippen molar-refractivity contribution in [3.05, 3.63) is 64.9 Å². The molecule has 1 aliphatic rings. The van der Waals surface area contributed by atoms with E-state index in [2.05, 4.69) is 52.1 Å². The predicted molar refractivity (Wildman–Crippen MR) is 116 cm³/mol. The number of benzene rings is 1. The van der Waals surface area contributed by atoms with E-state index in [1.165, 1.54) is 29.7 Å². The zero-order valence-corrected chi connectivity index (χ0v) is 17.6. The molecule has 0 aliphatic carbocycles. The number of nitrogens with one attached hydrogen (secondary N) is 2. The summed E-state index contributed by atoms with van der Waals surface area (Å²) in [6.07, 6.45) is 5.66. The van der Waals surface area contributed by atoms with Crippen LogP contribution in [-0.2, 0) is 21.0 Å². The molecular weight excluding hydrogens is 380 g/mol. The number of anilines is 1. The standard InChI is InChI=1S/C23H28N4O3/c1-16-4-5-20(12-17(16)2)14-27-11-10-21(15-27)25-22-8-6-19(13-24-22)7-9-23(29)26-30-18(3)28/h4-9,12-13,21H,10-11,14-15H2,1-3H3,(H,24,25)(H,26,29)/b9-7+/t21-/m1/s1. The van der Waals surface area contributed by atoms with Crippen molar-refractivity contribution in [3.8, 4) is 0 Å². The van der Waals surface area contributed by atoms with Crippen molar-refractivity contribution >= 4 is 23.8 Å². The van der Waals surface area contributed by atoms with Gasteiger partial charge < -0.3 is 10.2 Å². The van der Waals surface area contributed by atoms with Crippen LogP contribution in [0, 0.1) is 13.8 Å². The molecule has 1 atom stereocenters. The van der Waals surface area contributed by atoms with Crippen molar-refractivity contribution in [2.75, 3.05) is 18.4 Å². The highest BCUT2D eigenvalue weighted by Gasteiger charge is 2.22. The third kappa shape index (κ3) is 6.42. The van der Waals surface area contributed by atoms with E-state index in [4.69, 9.17) is 0 Å². The summed E-state index contributed by atoms with van der Waals surface area (Å²) in [6, 6.07) is 10.8. The molecule has 1 saturated heterocycles. The van der Waals surface area contributed by atoms with Gasteiger partial charge in [0.25, 0.3) is 5.91 Å². The maximum atomic E-state index is 11.5. The van der Waals surface area contributed by atoms with Crippen molar-refractivity contribution in [1.29, 1.82) is 0 Å². The van der Waals surface area contributed by atoms with E-state index in [1.54, 1.807) is 12.3 Å². The van der Waals surface area contributed by atoms with Crippen LogP contribution in [0.15, 0.2) is 42.6 Å². The molecule has 7 nitrogen and oxygen atoms in total. The Bertz CT molecular complexity index is 925. The average molecular weight is 409 g/mol. The van der Waals surface area contributed by atoms with Gasteiger partial charge in [0.05, 0.1) is 0 Å². The number of amides is 1. The highest BCUT2D eigenvalue weighted by molar-refractivity contribution is 5.91. The Hall–Kier alpha value is -3.19. The highest BCUT2D eigenvalue weighted by Crippen LogP contribution is 2.18. The summed E-state index contributed by atoms with van der Waals surface area (Å²) >= 11 is 0. The minimum absolute atomic E-state index is 0.361.